The Kier molecular flexibility index (Phi) is 4.77. The number of urea groups is 1. The molecule has 132 valence electrons. The first-order valence-electron chi connectivity index (χ1n) is 7.44. The highest BCUT2D eigenvalue weighted by Gasteiger charge is 2.36. The Balaban J connectivity index is 2.02. The van der Waals surface area contributed by atoms with Gasteiger partial charge in [-0.2, -0.15) is 0 Å². The van der Waals surface area contributed by atoms with Crippen LogP contribution in [-0.4, -0.2) is 30.1 Å². The van der Waals surface area contributed by atoms with Gasteiger partial charge in [-0.15, -0.1) is 0 Å². The predicted octanol–water partition coefficient (Wildman–Crippen LogP) is 2.83. The zero-order valence-electron chi connectivity index (χ0n) is 13.5. The molecule has 0 aromatic heterocycles. The predicted molar refractivity (Wildman–Crippen MR) is 97.8 cm³/mol. The Labute approximate surface area is 157 Å². The summed E-state index contributed by atoms with van der Waals surface area (Å²) < 4.78 is 5.87. The van der Waals surface area contributed by atoms with Gasteiger partial charge >= 0.3 is 6.03 Å². The highest BCUT2D eigenvalue weighted by molar-refractivity contribution is 9.10. The van der Waals surface area contributed by atoms with Crippen molar-refractivity contribution in [2.75, 3.05) is 12.0 Å². The van der Waals surface area contributed by atoms with Gasteiger partial charge < -0.3 is 9.84 Å². The van der Waals surface area contributed by atoms with E-state index in [0.29, 0.717) is 15.8 Å². The number of hydrogen-bond donors (Lipinski definition) is 2. The Hall–Kier alpha value is -3.13. The summed E-state index contributed by atoms with van der Waals surface area (Å²) in [6, 6.07) is 9.73. The van der Waals surface area contributed by atoms with Crippen LogP contribution in [0.5, 0.6) is 11.5 Å². The lowest BCUT2D eigenvalue weighted by Gasteiger charge is -2.26. The van der Waals surface area contributed by atoms with E-state index in [1.807, 2.05) is 0 Å². The number of nitrogens with zero attached hydrogens (tertiary/aromatic N) is 1. The number of phenolic OH excluding ortho intramolecular Hbond substituents is 1. The fourth-order valence-electron chi connectivity index (χ4n) is 2.45. The van der Waals surface area contributed by atoms with Crippen molar-refractivity contribution < 1.29 is 24.2 Å². The number of barbiturate groups is 1. The summed E-state index contributed by atoms with van der Waals surface area (Å²) >= 11 is 3.33. The standard InChI is InChI=1S/C18H13BrN2O5/c1-26-14-7-10(6-11(19)9-14)8-15-16(23)20-18(25)21(17(15)24)12-2-4-13(22)5-3-12/h2-9,22H,1H3,(H,20,23,25)/b15-8+. The molecule has 2 N–H and O–H groups in total. The molecule has 26 heavy (non-hydrogen) atoms. The molecule has 1 aliphatic rings. The van der Waals surface area contributed by atoms with Crippen molar-refractivity contribution in [1.82, 2.24) is 5.32 Å². The number of nitrogens with one attached hydrogen (secondary N) is 1. The number of benzene rings is 2. The van der Waals surface area contributed by atoms with E-state index in [9.17, 15) is 19.5 Å². The highest BCUT2D eigenvalue weighted by atomic mass is 79.9. The number of hydrogen-bond acceptors (Lipinski definition) is 5. The number of ether oxygens (including phenoxy) is 1. The first-order valence-corrected chi connectivity index (χ1v) is 8.23. The van der Waals surface area contributed by atoms with Crippen LogP contribution in [0, 0.1) is 0 Å². The van der Waals surface area contributed by atoms with Gasteiger partial charge in [-0.3, -0.25) is 14.9 Å². The molecule has 0 atom stereocenters. The lowest BCUT2D eigenvalue weighted by Crippen LogP contribution is -2.54. The number of imide groups is 2. The summed E-state index contributed by atoms with van der Waals surface area (Å²) in [5, 5.41) is 11.5. The summed E-state index contributed by atoms with van der Waals surface area (Å²) in [5.41, 5.74) is 0.586. The van der Waals surface area contributed by atoms with Gasteiger partial charge in [-0.05, 0) is 54.1 Å². The van der Waals surface area contributed by atoms with Gasteiger partial charge in [0.2, 0.25) is 0 Å². The summed E-state index contributed by atoms with van der Waals surface area (Å²) in [7, 11) is 1.50. The first-order chi connectivity index (χ1) is 12.4. The van der Waals surface area contributed by atoms with Crippen LogP contribution in [-0.2, 0) is 9.59 Å². The highest BCUT2D eigenvalue weighted by Crippen LogP contribution is 2.26. The molecule has 8 heteroatoms. The molecular weight excluding hydrogens is 404 g/mol. The number of methoxy groups -OCH3 is 1. The van der Waals surface area contributed by atoms with E-state index in [0.717, 1.165) is 4.90 Å². The molecule has 0 radical (unpaired) electrons. The first kappa shape index (κ1) is 17.7. The molecule has 0 unspecified atom stereocenters. The van der Waals surface area contributed by atoms with Gasteiger partial charge in [0.25, 0.3) is 11.8 Å². The summed E-state index contributed by atoms with van der Waals surface area (Å²) in [5.74, 6) is -1.01. The molecule has 1 aliphatic heterocycles. The topological polar surface area (TPSA) is 95.9 Å². The summed E-state index contributed by atoms with van der Waals surface area (Å²) in [6.45, 7) is 0. The third kappa shape index (κ3) is 3.45. The second-order valence-corrected chi connectivity index (χ2v) is 6.31. The maximum atomic E-state index is 12.7. The maximum absolute atomic E-state index is 12.7. The molecule has 3 rings (SSSR count). The zero-order chi connectivity index (χ0) is 18.8. The maximum Gasteiger partial charge on any atom is 0.335 e. The van der Waals surface area contributed by atoms with Gasteiger partial charge in [0.05, 0.1) is 12.8 Å². The van der Waals surface area contributed by atoms with Crippen LogP contribution < -0.4 is 15.0 Å². The number of carbonyl (C=O) groups is 3. The Morgan fingerprint density at radius 2 is 1.81 bits per heavy atom. The number of phenols is 1. The minimum Gasteiger partial charge on any atom is -0.508 e. The molecule has 1 heterocycles. The third-order valence-corrected chi connectivity index (χ3v) is 4.11. The van der Waals surface area contributed by atoms with Crippen molar-refractivity contribution in [2.45, 2.75) is 0 Å². The van der Waals surface area contributed by atoms with E-state index in [1.165, 1.54) is 37.5 Å². The van der Waals surface area contributed by atoms with E-state index in [2.05, 4.69) is 21.2 Å². The molecule has 1 fully saturated rings. The van der Waals surface area contributed by atoms with E-state index >= 15 is 0 Å². The number of rotatable bonds is 3. The second-order valence-electron chi connectivity index (χ2n) is 5.40. The normalized spacial score (nSPS) is 16.0. The van der Waals surface area contributed by atoms with Crippen LogP contribution in [0.3, 0.4) is 0 Å². The average Bonchev–Trinajstić information content (AvgIpc) is 2.59. The minimum atomic E-state index is -0.852. The molecule has 0 saturated carbocycles. The van der Waals surface area contributed by atoms with Crippen LogP contribution in [0.1, 0.15) is 5.56 Å². The Bertz CT molecular complexity index is 937. The lowest BCUT2D eigenvalue weighted by atomic mass is 10.1. The number of carbonyl (C=O) groups excluding carboxylic acids is 3. The quantitative estimate of drug-likeness (QED) is 0.592. The number of halogens is 1. The van der Waals surface area contributed by atoms with Gasteiger partial charge in [0.15, 0.2) is 0 Å². The largest absolute Gasteiger partial charge is 0.508 e. The van der Waals surface area contributed by atoms with Crippen LogP contribution in [0.15, 0.2) is 52.5 Å². The SMILES string of the molecule is COc1cc(Br)cc(/C=C2\C(=O)NC(=O)N(c3ccc(O)cc3)C2=O)c1. The lowest BCUT2D eigenvalue weighted by molar-refractivity contribution is -0.122. The molecule has 1 saturated heterocycles. The van der Waals surface area contributed by atoms with Crippen LogP contribution in [0.25, 0.3) is 6.08 Å². The molecular formula is C18H13BrN2O5. The van der Waals surface area contributed by atoms with E-state index < -0.39 is 17.8 Å². The van der Waals surface area contributed by atoms with Crippen LogP contribution in [0.2, 0.25) is 0 Å². The van der Waals surface area contributed by atoms with Gasteiger partial charge in [0.1, 0.15) is 17.1 Å². The van der Waals surface area contributed by atoms with Crippen molar-refractivity contribution in [3.63, 3.8) is 0 Å². The zero-order valence-corrected chi connectivity index (χ0v) is 15.1. The van der Waals surface area contributed by atoms with Crippen molar-refractivity contribution in [1.29, 1.82) is 0 Å². The Morgan fingerprint density at radius 3 is 2.46 bits per heavy atom. The van der Waals surface area contributed by atoms with Crippen molar-refractivity contribution in [3.05, 3.63) is 58.1 Å². The van der Waals surface area contributed by atoms with Crippen molar-refractivity contribution >= 4 is 45.5 Å². The summed E-state index contributed by atoms with van der Waals surface area (Å²) in [4.78, 5) is 37.8. The molecule has 0 aliphatic carbocycles. The number of anilines is 1. The molecule has 2 aromatic rings. The van der Waals surface area contributed by atoms with Crippen molar-refractivity contribution in [3.8, 4) is 11.5 Å². The van der Waals surface area contributed by atoms with E-state index in [1.54, 1.807) is 18.2 Å². The van der Waals surface area contributed by atoms with Crippen molar-refractivity contribution in [2.24, 2.45) is 0 Å². The van der Waals surface area contributed by atoms with E-state index in [4.69, 9.17) is 4.74 Å². The number of aromatic hydroxyl groups is 1. The van der Waals surface area contributed by atoms with Gasteiger partial charge in [-0.25, -0.2) is 9.69 Å². The smallest absolute Gasteiger partial charge is 0.335 e. The van der Waals surface area contributed by atoms with Gasteiger partial charge in [-0.1, -0.05) is 15.9 Å². The fourth-order valence-corrected chi connectivity index (χ4v) is 2.94. The molecule has 2 aromatic carbocycles. The summed E-state index contributed by atoms with van der Waals surface area (Å²) in [6.07, 6.45) is 1.38. The van der Waals surface area contributed by atoms with Crippen LogP contribution >= 0.6 is 15.9 Å². The Morgan fingerprint density at radius 1 is 1.12 bits per heavy atom. The molecule has 7 nitrogen and oxygen atoms in total. The second kappa shape index (κ2) is 7.01. The van der Waals surface area contributed by atoms with Gasteiger partial charge in [0, 0.05) is 4.47 Å². The minimum absolute atomic E-state index is 0.00770. The van der Waals surface area contributed by atoms with E-state index in [-0.39, 0.29) is 17.0 Å². The molecule has 4 amide bonds. The monoisotopic (exact) mass is 416 g/mol. The molecule has 0 bridgehead atoms. The van der Waals surface area contributed by atoms with Crippen LogP contribution in [0.4, 0.5) is 10.5 Å². The average molecular weight is 417 g/mol. The number of amides is 4. The fraction of sp³-hybridized carbons (Fsp3) is 0.0556. The third-order valence-electron chi connectivity index (χ3n) is 3.65. The molecule has 0 spiro atoms.